The number of ether oxygens (including phenoxy) is 1. The van der Waals surface area contributed by atoms with Crippen molar-refractivity contribution in [3.05, 3.63) is 42.0 Å². The van der Waals surface area contributed by atoms with Crippen molar-refractivity contribution in [2.75, 3.05) is 5.73 Å². The Morgan fingerprint density at radius 2 is 1.90 bits per heavy atom. The number of carbonyl (C=O) groups is 1. The minimum absolute atomic E-state index is 0.326. The number of fused-ring (bicyclic) bond motifs is 3. The maximum atomic E-state index is 12.4. The third-order valence-electron chi connectivity index (χ3n) is 3.28. The monoisotopic (exact) mass is 282 g/mol. The van der Waals surface area contributed by atoms with Gasteiger partial charge in [0.2, 0.25) is 0 Å². The lowest BCUT2D eigenvalue weighted by molar-refractivity contribution is 0.00717. The molecule has 0 aliphatic carbocycles. The van der Waals surface area contributed by atoms with Crippen LogP contribution in [0.15, 0.2) is 36.4 Å². The average molecular weight is 282 g/mol. The molecule has 0 spiro atoms. The number of carbonyl (C=O) groups excluding carboxylic acids is 1. The summed E-state index contributed by atoms with van der Waals surface area (Å²) in [4.78, 5) is 15.6. The molecule has 3 aromatic rings. The molecule has 0 aliphatic rings. The summed E-state index contributed by atoms with van der Waals surface area (Å²) in [7, 11) is 0. The molecule has 0 radical (unpaired) electrons. The Balaban J connectivity index is 2.21. The standard InChI is InChI=1S/C17H18N2O2/c1-17(2,3)21-16(20)12-6-4-5-11-13-9-10(18)7-8-14(13)19-15(11)12/h4-9,19H,18H2,1-3H3. The Morgan fingerprint density at radius 3 is 2.62 bits per heavy atom. The number of aromatic amines is 1. The molecule has 0 saturated carbocycles. The Labute approximate surface area is 122 Å². The molecule has 0 fully saturated rings. The Morgan fingerprint density at radius 1 is 1.14 bits per heavy atom. The summed E-state index contributed by atoms with van der Waals surface area (Å²) in [6, 6.07) is 11.3. The van der Waals surface area contributed by atoms with Gasteiger partial charge in [0.1, 0.15) is 5.60 Å². The first-order valence-electron chi connectivity index (χ1n) is 6.88. The van der Waals surface area contributed by atoms with E-state index < -0.39 is 5.60 Å². The van der Waals surface area contributed by atoms with E-state index >= 15 is 0 Å². The van der Waals surface area contributed by atoms with Gasteiger partial charge in [-0.15, -0.1) is 0 Å². The molecule has 4 nitrogen and oxygen atoms in total. The fraction of sp³-hybridized carbons (Fsp3) is 0.235. The third-order valence-corrected chi connectivity index (χ3v) is 3.28. The molecule has 0 bridgehead atoms. The molecular weight excluding hydrogens is 264 g/mol. The lowest BCUT2D eigenvalue weighted by atomic mass is 10.1. The van der Waals surface area contributed by atoms with Gasteiger partial charge in [0, 0.05) is 22.0 Å². The van der Waals surface area contributed by atoms with Crippen LogP contribution in [0.3, 0.4) is 0 Å². The molecule has 4 heteroatoms. The van der Waals surface area contributed by atoms with E-state index in [1.54, 1.807) is 6.07 Å². The highest BCUT2D eigenvalue weighted by atomic mass is 16.6. The largest absolute Gasteiger partial charge is 0.456 e. The van der Waals surface area contributed by atoms with Crippen LogP contribution in [0.2, 0.25) is 0 Å². The number of H-pyrrole nitrogens is 1. The Hall–Kier alpha value is -2.49. The molecule has 0 unspecified atom stereocenters. The summed E-state index contributed by atoms with van der Waals surface area (Å²) < 4.78 is 5.47. The Bertz CT molecular complexity index is 841. The summed E-state index contributed by atoms with van der Waals surface area (Å²) >= 11 is 0. The van der Waals surface area contributed by atoms with Gasteiger partial charge in [-0.1, -0.05) is 12.1 Å². The summed E-state index contributed by atoms with van der Waals surface area (Å²) in [5, 5.41) is 1.98. The van der Waals surface area contributed by atoms with E-state index in [2.05, 4.69) is 4.98 Å². The van der Waals surface area contributed by atoms with Crippen molar-refractivity contribution >= 4 is 33.5 Å². The lowest BCUT2D eigenvalue weighted by Gasteiger charge is -2.19. The number of esters is 1. The van der Waals surface area contributed by atoms with Gasteiger partial charge in [-0.2, -0.15) is 0 Å². The number of benzene rings is 2. The van der Waals surface area contributed by atoms with Gasteiger partial charge in [-0.3, -0.25) is 0 Å². The molecule has 1 aromatic heterocycles. The second-order valence-electron chi connectivity index (χ2n) is 6.16. The zero-order chi connectivity index (χ0) is 15.2. The highest BCUT2D eigenvalue weighted by Crippen LogP contribution is 2.29. The third kappa shape index (κ3) is 2.44. The van der Waals surface area contributed by atoms with E-state index in [1.807, 2.05) is 51.1 Å². The number of nitrogens with two attached hydrogens (primary N) is 1. The number of nitrogens with one attached hydrogen (secondary N) is 1. The van der Waals surface area contributed by atoms with Gasteiger partial charge in [0.25, 0.3) is 0 Å². The Kier molecular flexibility index (Phi) is 2.90. The van der Waals surface area contributed by atoms with Crippen molar-refractivity contribution in [3.8, 4) is 0 Å². The number of aromatic nitrogens is 1. The summed E-state index contributed by atoms with van der Waals surface area (Å²) in [5.74, 6) is -0.326. The first-order valence-corrected chi connectivity index (χ1v) is 6.88. The van der Waals surface area contributed by atoms with Crippen LogP contribution in [0.1, 0.15) is 31.1 Å². The summed E-state index contributed by atoms with van der Waals surface area (Å²) in [5.41, 5.74) is 8.31. The van der Waals surface area contributed by atoms with Crippen LogP contribution >= 0.6 is 0 Å². The molecule has 108 valence electrons. The molecule has 2 aromatic carbocycles. The smallest absolute Gasteiger partial charge is 0.340 e. The van der Waals surface area contributed by atoms with Gasteiger partial charge in [0.05, 0.1) is 11.1 Å². The number of hydrogen-bond donors (Lipinski definition) is 2. The topological polar surface area (TPSA) is 68.1 Å². The van der Waals surface area contributed by atoms with E-state index in [0.29, 0.717) is 11.3 Å². The summed E-state index contributed by atoms with van der Waals surface area (Å²) in [6.07, 6.45) is 0. The zero-order valence-electron chi connectivity index (χ0n) is 12.4. The van der Waals surface area contributed by atoms with Crippen LogP contribution in [0.4, 0.5) is 5.69 Å². The van der Waals surface area contributed by atoms with Gasteiger partial charge in [-0.05, 0) is 45.0 Å². The maximum absolute atomic E-state index is 12.4. The highest BCUT2D eigenvalue weighted by molar-refractivity contribution is 6.14. The SMILES string of the molecule is CC(C)(C)OC(=O)c1cccc2c1[nH]c1ccc(N)cc12. The van der Waals surface area contributed by atoms with E-state index in [4.69, 9.17) is 10.5 Å². The van der Waals surface area contributed by atoms with E-state index in [-0.39, 0.29) is 5.97 Å². The number of nitrogen functional groups attached to an aromatic ring is 1. The van der Waals surface area contributed by atoms with Crippen LogP contribution < -0.4 is 5.73 Å². The molecule has 21 heavy (non-hydrogen) atoms. The quantitative estimate of drug-likeness (QED) is 0.526. The van der Waals surface area contributed by atoms with Crippen molar-refractivity contribution < 1.29 is 9.53 Å². The molecule has 0 atom stereocenters. The minimum atomic E-state index is -0.518. The highest BCUT2D eigenvalue weighted by Gasteiger charge is 2.20. The zero-order valence-corrected chi connectivity index (χ0v) is 12.4. The average Bonchev–Trinajstić information content (AvgIpc) is 2.74. The van der Waals surface area contributed by atoms with Crippen LogP contribution in [-0.4, -0.2) is 16.6 Å². The van der Waals surface area contributed by atoms with Gasteiger partial charge >= 0.3 is 5.97 Å². The van der Waals surface area contributed by atoms with E-state index in [1.165, 1.54) is 0 Å². The molecular formula is C17H18N2O2. The van der Waals surface area contributed by atoms with Crippen molar-refractivity contribution in [1.82, 2.24) is 4.98 Å². The number of para-hydroxylation sites is 1. The van der Waals surface area contributed by atoms with Crippen LogP contribution in [-0.2, 0) is 4.74 Å². The van der Waals surface area contributed by atoms with Crippen molar-refractivity contribution in [1.29, 1.82) is 0 Å². The fourth-order valence-corrected chi connectivity index (χ4v) is 2.44. The van der Waals surface area contributed by atoms with Crippen LogP contribution in [0.5, 0.6) is 0 Å². The van der Waals surface area contributed by atoms with Gasteiger partial charge in [-0.25, -0.2) is 4.79 Å². The van der Waals surface area contributed by atoms with E-state index in [0.717, 1.165) is 21.8 Å². The molecule has 0 aliphatic heterocycles. The minimum Gasteiger partial charge on any atom is -0.456 e. The molecule has 0 saturated heterocycles. The van der Waals surface area contributed by atoms with Crippen LogP contribution in [0, 0.1) is 0 Å². The van der Waals surface area contributed by atoms with Gasteiger partial charge < -0.3 is 15.5 Å². The van der Waals surface area contributed by atoms with Crippen molar-refractivity contribution in [3.63, 3.8) is 0 Å². The predicted molar refractivity (Wildman–Crippen MR) is 85.4 cm³/mol. The molecule has 3 N–H and O–H groups in total. The van der Waals surface area contributed by atoms with Crippen LogP contribution in [0.25, 0.3) is 21.8 Å². The number of anilines is 1. The lowest BCUT2D eigenvalue weighted by Crippen LogP contribution is -2.24. The predicted octanol–water partition coefficient (Wildman–Crippen LogP) is 3.86. The maximum Gasteiger partial charge on any atom is 0.340 e. The first-order chi connectivity index (χ1) is 9.85. The second-order valence-corrected chi connectivity index (χ2v) is 6.16. The molecule has 0 amide bonds. The van der Waals surface area contributed by atoms with E-state index in [9.17, 15) is 4.79 Å². The normalized spacial score (nSPS) is 12.0. The first kappa shape index (κ1) is 13.5. The fourth-order valence-electron chi connectivity index (χ4n) is 2.44. The molecule has 1 heterocycles. The van der Waals surface area contributed by atoms with Crippen molar-refractivity contribution in [2.45, 2.75) is 26.4 Å². The second kappa shape index (κ2) is 4.52. The van der Waals surface area contributed by atoms with Gasteiger partial charge in [0.15, 0.2) is 0 Å². The number of rotatable bonds is 1. The summed E-state index contributed by atoms with van der Waals surface area (Å²) in [6.45, 7) is 5.57. The number of hydrogen-bond acceptors (Lipinski definition) is 3. The molecule has 3 rings (SSSR count). The van der Waals surface area contributed by atoms with Crippen molar-refractivity contribution in [2.24, 2.45) is 0 Å².